The average Bonchev–Trinajstić information content (AvgIpc) is 2.83. The molecule has 0 aromatic carbocycles. The van der Waals surface area contributed by atoms with Crippen molar-refractivity contribution < 1.29 is 5.11 Å². The first-order chi connectivity index (χ1) is 7.29. The van der Waals surface area contributed by atoms with Gasteiger partial charge in [0.2, 0.25) is 0 Å². The lowest BCUT2D eigenvalue weighted by Gasteiger charge is -2.18. The molecule has 0 amide bonds. The molecule has 1 saturated carbocycles. The third-order valence-electron chi connectivity index (χ3n) is 3.11. The lowest BCUT2D eigenvalue weighted by molar-refractivity contribution is 0.205. The van der Waals surface area contributed by atoms with Crippen molar-refractivity contribution in [1.82, 2.24) is 10.3 Å². The van der Waals surface area contributed by atoms with Crippen LogP contribution in [0.2, 0.25) is 0 Å². The number of aromatic nitrogens is 1. The van der Waals surface area contributed by atoms with E-state index >= 15 is 0 Å². The van der Waals surface area contributed by atoms with Gasteiger partial charge in [0.15, 0.2) is 0 Å². The van der Waals surface area contributed by atoms with E-state index in [1.54, 1.807) is 11.3 Å². The molecular formula is C11H18N2OS. The van der Waals surface area contributed by atoms with Crippen LogP contribution in [0.15, 0.2) is 5.38 Å². The van der Waals surface area contributed by atoms with Crippen molar-refractivity contribution in [2.24, 2.45) is 5.92 Å². The van der Waals surface area contributed by atoms with Gasteiger partial charge in [0, 0.05) is 24.6 Å². The van der Waals surface area contributed by atoms with Crippen molar-refractivity contribution in [3.05, 3.63) is 16.1 Å². The van der Waals surface area contributed by atoms with Crippen LogP contribution in [0, 0.1) is 12.8 Å². The molecule has 2 N–H and O–H groups in total. The summed E-state index contributed by atoms with van der Waals surface area (Å²) < 4.78 is 0. The number of hydrogen-bond acceptors (Lipinski definition) is 4. The first-order valence-corrected chi connectivity index (χ1v) is 6.43. The molecule has 0 radical (unpaired) electrons. The Balaban J connectivity index is 1.82. The third kappa shape index (κ3) is 2.77. The lowest BCUT2D eigenvalue weighted by Crippen LogP contribution is -2.33. The van der Waals surface area contributed by atoms with Gasteiger partial charge in [0.1, 0.15) is 0 Å². The maximum Gasteiger partial charge on any atom is 0.0897 e. The summed E-state index contributed by atoms with van der Waals surface area (Å²) >= 11 is 1.69. The molecule has 1 fully saturated rings. The molecule has 4 heteroatoms. The normalized spacial score (nSPS) is 26.0. The minimum Gasteiger partial charge on any atom is -0.396 e. The monoisotopic (exact) mass is 226 g/mol. The number of nitrogens with zero attached hydrogens (tertiary/aromatic N) is 1. The predicted octanol–water partition coefficient (Wildman–Crippen LogP) is 1.70. The third-order valence-corrected chi connectivity index (χ3v) is 3.93. The molecule has 0 saturated heterocycles. The van der Waals surface area contributed by atoms with E-state index in [2.05, 4.69) is 15.7 Å². The number of aliphatic hydroxyl groups excluding tert-OH is 1. The largest absolute Gasteiger partial charge is 0.396 e. The SMILES string of the molecule is Cc1nc(CNC2CCCC2CO)cs1. The molecule has 0 bridgehead atoms. The summed E-state index contributed by atoms with van der Waals surface area (Å²) in [5.74, 6) is 0.449. The number of hydrogen-bond donors (Lipinski definition) is 2. The van der Waals surface area contributed by atoms with Crippen molar-refractivity contribution in [3.8, 4) is 0 Å². The maximum atomic E-state index is 9.18. The molecule has 2 unspecified atom stereocenters. The van der Waals surface area contributed by atoms with Gasteiger partial charge in [-0.3, -0.25) is 0 Å². The Bertz CT molecular complexity index is 313. The quantitative estimate of drug-likeness (QED) is 0.821. The van der Waals surface area contributed by atoms with E-state index in [0.717, 1.165) is 23.7 Å². The second-order valence-corrected chi connectivity index (χ2v) is 5.28. The Labute approximate surface area is 94.5 Å². The molecule has 1 heterocycles. The number of thiazole rings is 1. The highest BCUT2D eigenvalue weighted by Crippen LogP contribution is 2.25. The predicted molar refractivity (Wildman–Crippen MR) is 61.9 cm³/mol. The van der Waals surface area contributed by atoms with Crippen LogP contribution in [0.3, 0.4) is 0 Å². The van der Waals surface area contributed by atoms with Crippen LogP contribution in [-0.4, -0.2) is 22.7 Å². The van der Waals surface area contributed by atoms with E-state index in [4.69, 9.17) is 0 Å². The fourth-order valence-corrected chi connectivity index (χ4v) is 2.86. The van der Waals surface area contributed by atoms with Crippen LogP contribution in [-0.2, 0) is 6.54 Å². The van der Waals surface area contributed by atoms with Gasteiger partial charge in [-0.15, -0.1) is 11.3 Å². The molecule has 0 spiro atoms. The molecule has 0 aliphatic heterocycles. The molecule has 1 aliphatic carbocycles. The molecule has 1 aliphatic rings. The minimum absolute atomic E-state index is 0.313. The second kappa shape index (κ2) is 5.05. The molecule has 2 rings (SSSR count). The van der Waals surface area contributed by atoms with Crippen molar-refractivity contribution in [1.29, 1.82) is 0 Å². The smallest absolute Gasteiger partial charge is 0.0897 e. The summed E-state index contributed by atoms with van der Waals surface area (Å²) in [7, 11) is 0. The van der Waals surface area contributed by atoms with Gasteiger partial charge in [0.25, 0.3) is 0 Å². The number of nitrogens with one attached hydrogen (secondary N) is 1. The topological polar surface area (TPSA) is 45.2 Å². The van der Waals surface area contributed by atoms with E-state index in [1.807, 2.05) is 6.92 Å². The first-order valence-electron chi connectivity index (χ1n) is 5.55. The van der Waals surface area contributed by atoms with Crippen molar-refractivity contribution in [2.75, 3.05) is 6.61 Å². The summed E-state index contributed by atoms with van der Waals surface area (Å²) in [6.45, 7) is 3.18. The highest BCUT2D eigenvalue weighted by Gasteiger charge is 2.25. The Kier molecular flexibility index (Phi) is 3.72. The van der Waals surface area contributed by atoms with Crippen LogP contribution < -0.4 is 5.32 Å². The van der Waals surface area contributed by atoms with Gasteiger partial charge in [-0.05, 0) is 25.7 Å². The molecule has 15 heavy (non-hydrogen) atoms. The van der Waals surface area contributed by atoms with Crippen molar-refractivity contribution in [2.45, 2.75) is 38.8 Å². The molecule has 84 valence electrons. The summed E-state index contributed by atoms with van der Waals surface area (Å²) in [6, 6.07) is 0.483. The van der Waals surface area contributed by atoms with Gasteiger partial charge in [-0.2, -0.15) is 0 Å². The first kappa shape index (κ1) is 11.0. The zero-order chi connectivity index (χ0) is 10.7. The van der Waals surface area contributed by atoms with E-state index in [1.165, 1.54) is 12.8 Å². The highest BCUT2D eigenvalue weighted by atomic mass is 32.1. The Morgan fingerprint density at radius 1 is 1.60 bits per heavy atom. The zero-order valence-electron chi connectivity index (χ0n) is 9.07. The number of rotatable bonds is 4. The standard InChI is InChI=1S/C11H18N2OS/c1-8-13-10(7-15-8)5-12-11-4-2-3-9(11)6-14/h7,9,11-12,14H,2-6H2,1H3. The number of aliphatic hydroxyl groups is 1. The van der Waals surface area contributed by atoms with E-state index in [-0.39, 0.29) is 0 Å². The van der Waals surface area contributed by atoms with Gasteiger partial charge in [-0.25, -0.2) is 4.98 Å². The molecule has 2 atom stereocenters. The van der Waals surface area contributed by atoms with Gasteiger partial charge < -0.3 is 10.4 Å². The molecule has 1 aromatic rings. The zero-order valence-corrected chi connectivity index (χ0v) is 9.89. The molecule has 1 aromatic heterocycles. The fourth-order valence-electron chi connectivity index (χ4n) is 2.25. The molecular weight excluding hydrogens is 208 g/mol. The number of aryl methyl sites for hydroxylation is 1. The van der Waals surface area contributed by atoms with E-state index < -0.39 is 0 Å². The van der Waals surface area contributed by atoms with Gasteiger partial charge in [0.05, 0.1) is 10.7 Å². The molecule has 3 nitrogen and oxygen atoms in total. The minimum atomic E-state index is 0.313. The van der Waals surface area contributed by atoms with E-state index in [0.29, 0.717) is 18.6 Å². The fraction of sp³-hybridized carbons (Fsp3) is 0.727. The van der Waals surface area contributed by atoms with E-state index in [9.17, 15) is 5.11 Å². The van der Waals surface area contributed by atoms with Crippen LogP contribution in [0.25, 0.3) is 0 Å². The summed E-state index contributed by atoms with van der Waals surface area (Å²) in [5, 5.41) is 15.9. The van der Waals surface area contributed by atoms with Gasteiger partial charge >= 0.3 is 0 Å². The average molecular weight is 226 g/mol. The van der Waals surface area contributed by atoms with Crippen LogP contribution in [0.5, 0.6) is 0 Å². The summed E-state index contributed by atoms with van der Waals surface area (Å²) in [5.41, 5.74) is 1.13. The van der Waals surface area contributed by atoms with Crippen molar-refractivity contribution >= 4 is 11.3 Å². The Morgan fingerprint density at radius 2 is 2.47 bits per heavy atom. The Hall–Kier alpha value is -0.450. The summed E-state index contributed by atoms with van der Waals surface area (Å²) in [6.07, 6.45) is 3.58. The maximum absolute atomic E-state index is 9.18. The Morgan fingerprint density at radius 3 is 3.13 bits per heavy atom. The van der Waals surface area contributed by atoms with Crippen LogP contribution in [0.1, 0.15) is 30.0 Å². The second-order valence-electron chi connectivity index (χ2n) is 4.22. The van der Waals surface area contributed by atoms with Crippen LogP contribution >= 0.6 is 11.3 Å². The lowest BCUT2D eigenvalue weighted by atomic mass is 10.1. The van der Waals surface area contributed by atoms with Crippen molar-refractivity contribution in [3.63, 3.8) is 0 Å². The van der Waals surface area contributed by atoms with Gasteiger partial charge in [-0.1, -0.05) is 6.42 Å². The summed E-state index contributed by atoms with van der Waals surface area (Å²) in [4.78, 5) is 4.42. The van der Waals surface area contributed by atoms with Crippen LogP contribution in [0.4, 0.5) is 0 Å². The highest BCUT2D eigenvalue weighted by molar-refractivity contribution is 7.09.